The molecule has 0 saturated heterocycles. The van der Waals surface area contributed by atoms with Crippen LogP contribution in [0.1, 0.15) is 39.9 Å². The topological polar surface area (TPSA) is 61.4 Å². The van der Waals surface area contributed by atoms with Gasteiger partial charge in [0.2, 0.25) is 0 Å². The molecule has 0 radical (unpaired) electrons. The third-order valence-electron chi connectivity index (χ3n) is 5.25. The number of nitrogens with one attached hydrogen (secondary N) is 2. The highest BCUT2D eigenvalue weighted by Crippen LogP contribution is 2.49. The van der Waals surface area contributed by atoms with Gasteiger partial charge in [-0.3, -0.25) is 4.79 Å². The van der Waals surface area contributed by atoms with E-state index in [1.165, 1.54) is 5.56 Å². The summed E-state index contributed by atoms with van der Waals surface area (Å²) in [5.41, 5.74) is 4.08. The van der Waals surface area contributed by atoms with Crippen molar-refractivity contribution in [1.82, 2.24) is 5.32 Å². The van der Waals surface area contributed by atoms with Gasteiger partial charge in [0.15, 0.2) is 0 Å². The standard InChI is InChI=1S/C21H21ClN2O2/c22-15-7-4-13(5-8-15)20-17-3-1-2-16(17)18-12-14(6-9-19(18)24-20)21(26)23-10-11-25/h1-2,4-9,12,16-17,20,24-25H,3,10-11H2,(H,23,26). The van der Waals surface area contributed by atoms with Crippen LogP contribution in [0.5, 0.6) is 0 Å². The monoisotopic (exact) mass is 368 g/mol. The predicted octanol–water partition coefficient (Wildman–Crippen LogP) is 3.89. The molecule has 0 fully saturated rings. The van der Waals surface area contributed by atoms with Crippen molar-refractivity contribution in [2.75, 3.05) is 18.5 Å². The largest absolute Gasteiger partial charge is 0.395 e. The lowest BCUT2D eigenvalue weighted by atomic mass is 9.76. The van der Waals surface area contributed by atoms with Crippen molar-refractivity contribution in [3.05, 3.63) is 76.3 Å². The van der Waals surface area contributed by atoms with Crippen LogP contribution in [0.2, 0.25) is 5.02 Å². The number of amides is 1. The van der Waals surface area contributed by atoms with Crippen LogP contribution in [-0.4, -0.2) is 24.2 Å². The van der Waals surface area contributed by atoms with Gasteiger partial charge in [0.25, 0.3) is 5.91 Å². The molecule has 3 N–H and O–H groups in total. The summed E-state index contributed by atoms with van der Waals surface area (Å²) in [5, 5.41) is 16.0. The number of aliphatic hydroxyl groups excluding tert-OH is 1. The Hall–Kier alpha value is -2.30. The Balaban J connectivity index is 1.66. The summed E-state index contributed by atoms with van der Waals surface area (Å²) in [7, 11) is 0. The van der Waals surface area contributed by atoms with Crippen LogP contribution >= 0.6 is 11.6 Å². The zero-order valence-electron chi connectivity index (χ0n) is 14.3. The van der Waals surface area contributed by atoms with Crippen LogP contribution in [-0.2, 0) is 0 Å². The molecule has 1 aliphatic heterocycles. The molecular weight excluding hydrogens is 348 g/mol. The number of carbonyl (C=O) groups excluding carboxylic acids is 1. The lowest BCUT2D eigenvalue weighted by molar-refractivity contribution is 0.0944. The van der Waals surface area contributed by atoms with Gasteiger partial charge < -0.3 is 15.7 Å². The van der Waals surface area contributed by atoms with Gasteiger partial charge in [0, 0.05) is 28.7 Å². The summed E-state index contributed by atoms with van der Waals surface area (Å²) < 4.78 is 0. The quantitative estimate of drug-likeness (QED) is 0.717. The van der Waals surface area contributed by atoms with Crippen LogP contribution in [0.25, 0.3) is 0 Å². The molecule has 1 aliphatic carbocycles. The molecule has 26 heavy (non-hydrogen) atoms. The minimum absolute atomic E-state index is 0.0611. The zero-order chi connectivity index (χ0) is 18.1. The molecule has 2 aromatic rings. The van der Waals surface area contributed by atoms with Crippen molar-refractivity contribution < 1.29 is 9.90 Å². The Morgan fingerprint density at radius 1 is 1.23 bits per heavy atom. The Labute approximate surface area is 157 Å². The Morgan fingerprint density at radius 3 is 2.81 bits per heavy atom. The first kappa shape index (κ1) is 17.1. The van der Waals surface area contributed by atoms with Crippen LogP contribution < -0.4 is 10.6 Å². The maximum absolute atomic E-state index is 12.2. The number of benzene rings is 2. The maximum Gasteiger partial charge on any atom is 0.251 e. The molecule has 5 heteroatoms. The summed E-state index contributed by atoms with van der Waals surface area (Å²) in [5.74, 6) is 0.553. The molecular formula is C21H21ClN2O2. The van der Waals surface area contributed by atoms with Gasteiger partial charge in [-0.15, -0.1) is 0 Å². The van der Waals surface area contributed by atoms with E-state index in [1.807, 2.05) is 30.3 Å². The summed E-state index contributed by atoms with van der Waals surface area (Å²) in [6.45, 7) is 0.202. The first-order valence-electron chi connectivity index (χ1n) is 8.89. The molecule has 3 unspecified atom stereocenters. The van der Waals surface area contributed by atoms with E-state index in [0.717, 1.165) is 22.7 Å². The highest BCUT2D eigenvalue weighted by Gasteiger charge is 2.38. The first-order valence-corrected chi connectivity index (χ1v) is 9.27. The summed E-state index contributed by atoms with van der Waals surface area (Å²) in [6.07, 6.45) is 5.49. The summed E-state index contributed by atoms with van der Waals surface area (Å²) >= 11 is 6.04. The molecule has 2 aliphatic rings. The number of allylic oxidation sites excluding steroid dienone is 2. The number of fused-ring (bicyclic) bond motifs is 3. The van der Waals surface area contributed by atoms with Crippen molar-refractivity contribution in [2.24, 2.45) is 5.92 Å². The van der Waals surface area contributed by atoms with E-state index in [4.69, 9.17) is 16.7 Å². The third-order valence-corrected chi connectivity index (χ3v) is 5.50. The average molecular weight is 369 g/mol. The highest BCUT2D eigenvalue weighted by molar-refractivity contribution is 6.30. The van der Waals surface area contributed by atoms with Crippen LogP contribution in [0.3, 0.4) is 0 Å². The van der Waals surface area contributed by atoms with Crippen LogP contribution in [0.15, 0.2) is 54.6 Å². The Morgan fingerprint density at radius 2 is 2.04 bits per heavy atom. The number of anilines is 1. The second-order valence-electron chi connectivity index (χ2n) is 6.81. The molecule has 1 heterocycles. The Kier molecular flexibility index (Phi) is 4.70. The van der Waals surface area contributed by atoms with Gasteiger partial charge in [-0.25, -0.2) is 0 Å². The van der Waals surface area contributed by atoms with Gasteiger partial charge in [0.05, 0.1) is 12.6 Å². The normalized spacial score (nSPS) is 23.1. The number of aliphatic hydroxyl groups is 1. The van der Waals surface area contributed by atoms with E-state index >= 15 is 0 Å². The molecule has 3 atom stereocenters. The number of hydrogen-bond donors (Lipinski definition) is 3. The van der Waals surface area contributed by atoms with E-state index in [1.54, 1.807) is 0 Å². The maximum atomic E-state index is 12.2. The lowest BCUT2D eigenvalue weighted by Crippen LogP contribution is -2.30. The predicted molar refractivity (Wildman–Crippen MR) is 104 cm³/mol. The second-order valence-corrected chi connectivity index (χ2v) is 7.25. The Bertz CT molecular complexity index is 848. The molecule has 1 amide bonds. The van der Waals surface area contributed by atoms with Crippen LogP contribution in [0, 0.1) is 5.92 Å². The summed E-state index contributed by atoms with van der Waals surface area (Å²) in [4.78, 5) is 12.2. The molecule has 0 bridgehead atoms. The van der Waals surface area contributed by atoms with Gasteiger partial charge in [-0.2, -0.15) is 0 Å². The fourth-order valence-electron chi connectivity index (χ4n) is 4.01. The van der Waals surface area contributed by atoms with Crippen molar-refractivity contribution in [1.29, 1.82) is 0 Å². The van der Waals surface area contributed by atoms with E-state index < -0.39 is 0 Å². The van der Waals surface area contributed by atoms with E-state index in [9.17, 15) is 4.79 Å². The van der Waals surface area contributed by atoms with Crippen molar-refractivity contribution in [2.45, 2.75) is 18.4 Å². The van der Waals surface area contributed by atoms with E-state index in [-0.39, 0.29) is 31.0 Å². The number of rotatable bonds is 4. The highest BCUT2D eigenvalue weighted by atomic mass is 35.5. The zero-order valence-corrected chi connectivity index (χ0v) is 15.0. The fourth-order valence-corrected chi connectivity index (χ4v) is 4.13. The molecule has 0 saturated carbocycles. The van der Waals surface area contributed by atoms with E-state index in [2.05, 4.69) is 34.9 Å². The van der Waals surface area contributed by atoms with Crippen LogP contribution in [0.4, 0.5) is 5.69 Å². The minimum atomic E-state index is -0.153. The van der Waals surface area contributed by atoms with Crippen molar-refractivity contribution in [3.63, 3.8) is 0 Å². The lowest BCUT2D eigenvalue weighted by Gasteiger charge is -2.37. The van der Waals surface area contributed by atoms with Gasteiger partial charge in [0.1, 0.15) is 0 Å². The number of carbonyl (C=O) groups is 1. The minimum Gasteiger partial charge on any atom is -0.395 e. The molecule has 4 rings (SSSR count). The van der Waals surface area contributed by atoms with E-state index in [0.29, 0.717) is 11.5 Å². The molecule has 2 aromatic carbocycles. The summed E-state index contributed by atoms with van der Waals surface area (Å²) in [6, 6.07) is 14.0. The number of hydrogen-bond acceptors (Lipinski definition) is 3. The third kappa shape index (κ3) is 3.11. The second kappa shape index (κ2) is 7.14. The molecule has 0 aromatic heterocycles. The SMILES string of the molecule is O=C(NCCO)c1ccc2c(c1)C1C=CCC1C(c1ccc(Cl)cc1)N2. The van der Waals surface area contributed by atoms with Crippen molar-refractivity contribution >= 4 is 23.2 Å². The molecule has 134 valence electrons. The van der Waals surface area contributed by atoms with Gasteiger partial charge in [-0.1, -0.05) is 35.9 Å². The smallest absolute Gasteiger partial charge is 0.251 e. The molecule has 4 nitrogen and oxygen atoms in total. The first-order chi connectivity index (χ1) is 12.7. The number of halogens is 1. The molecule has 0 spiro atoms. The van der Waals surface area contributed by atoms with Gasteiger partial charge >= 0.3 is 0 Å². The average Bonchev–Trinajstić information content (AvgIpc) is 3.16. The fraction of sp³-hybridized carbons (Fsp3) is 0.286. The van der Waals surface area contributed by atoms with Gasteiger partial charge in [-0.05, 0) is 53.8 Å². The van der Waals surface area contributed by atoms with Crippen molar-refractivity contribution in [3.8, 4) is 0 Å².